The number of carbonyl (C=O) groups is 1. The quantitative estimate of drug-likeness (QED) is 0.742. The first-order valence-corrected chi connectivity index (χ1v) is 3.44. The molecule has 1 N–H and O–H groups in total. The molecule has 1 rings (SSSR count). The van der Waals surface area contributed by atoms with Crippen LogP contribution in [-0.4, -0.2) is 10.8 Å². The molecule has 0 bridgehead atoms. The second-order valence-electron chi connectivity index (χ2n) is 2.20. The van der Waals surface area contributed by atoms with Crippen LogP contribution in [0.3, 0.4) is 0 Å². The van der Waals surface area contributed by atoms with E-state index in [-0.39, 0.29) is 44.2 Å². The van der Waals surface area contributed by atoms with Gasteiger partial charge in [0.05, 0.1) is 0 Å². The molecule has 1 heterocycles. The second kappa shape index (κ2) is 5.38. The van der Waals surface area contributed by atoms with E-state index < -0.39 is 0 Å². The van der Waals surface area contributed by atoms with Crippen LogP contribution in [0.1, 0.15) is 23.7 Å². The third kappa shape index (κ3) is 2.65. The Hall–Kier alpha value is -0.276. The van der Waals surface area contributed by atoms with Gasteiger partial charge in [-0.1, -0.05) is 6.92 Å². The van der Waals surface area contributed by atoms with Gasteiger partial charge in [-0.3, -0.25) is 9.78 Å². The van der Waals surface area contributed by atoms with E-state index >= 15 is 0 Å². The molecule has 0 aliphatic carbocycles. The minimum atomic E-state index is -0.00241. The first kappa shape index (κ1) is 11.7. The van der Waals surface area contributed by atoms with Crippen LogP contribution in [0.4, 0.5) is 5.69 Å². The van der Waals surface area contributed by atoms with Gasteiger partial charge in [-0.05, 0) is 6.07 Å². The number of hydrogen-bond acceptors (Lipinski definition) is 2. The summed E-state index contributed by atoms with van der Waals surface area (Å²) >= 11 is 0. The van der Waals surface area contributed by atoms with Crippen LogP contribution in [0.25, 0.3) is 5.73 Å². The maximum absolute atomic E-state index is 11.1. The fourth-order valence-corrected chi connectivity index (χ4v) is 0.828. The van der Waals surface area contributed by atoms with Gasteiger partial charge in [0.15, 0.2) is 5.78 Å². The molecule has 0 aliphatic rings. The van der Waals surface area contributed by atoms with Gasteiger partial charge in [-0.15, -0.1) is 5.69 Å². The van der Waals surface area contributed by atoms with Crippen molar-refractivity contribution in [2.45, 2.75) is 13.3 Å². The van der Waals surface area contributed by atoms with E-state index in [4.69, 9.17) is 5.73 Å². The Morgan fingerprint density at radius 3 is 2.83 bits per heavy atom. The number of hydrogen-bond donors (Lipinski definition) is 0. The van der Waals surface area contributed by atoms with Crippen molar-refractivity contribution in [2.24, 2.45) is 0 Å². The van der Waals surface area contributed by atoms with Crippen molar-refractivity contribution >= 4 is 11.5 Å². The molecule has 1 aromatic heterocycles. The van der Waals surface area contributed by atoms with Crippen molar-refractivity contribution in [2.75, 3.05) is 0 Å². The molecule has 0 aliphatic heterocycles. The van der Waals surface area contributed by atoms with Crippen LogP contribution >= 0.6 is 0 Å². The zero-order valence-corrected chi connectivity index (χ0v) is 9.71. The predicted octanol–water partition coefficient (Wildman–Crippen LogP) is 2.36. The Bertz CT molecular complexity index is 276. The zero-order valence-electron chi connectivity index (χ0n) is 6.87. The molecule has 0 saturated carbocycles. The number of aromatic nitrogens is 1. The van der Waals surface area contributed by atoms with E-state index in [9.17, 15) is 4.79 Å². The maximum Gasteiger partial charge on any atom is 3.00 e. The van der Waals surface area contributed by atoms with Crippen LogP contribution in [0.15, 0.2) is 18.5 Å². The minimum Gasteiger partial charge on any atom is -0.697 e. The van der Waals surface area contributed by atoms with Gasteiger partial charge in [-0.2, -0.15) is 0 Å². The van der Waals surface area contributed by atoms with Gasteiger partial charge >= 0.3 is 32.7 Å². The summed E-state index contributed by atoms with van der Waals surface area (Å²) in [7, 11) is 0. The fraction of sp³-hybridized carbons (Fsp3) is 0.250. The minimum absolute atomic E-state index is 0. The summed E-state index contributed by atoms with van der Waals surface area (Å²) in [5, 5.41) is 0. The second-order valence-corrected chi connectivity index (χ2v) is 2.20. The Morgan fingerprint density at radius 1 is 1.67 bits per heavy atom. The molecule has 3 nitrogen and oxygen atoms in total. The van der Waals surface area contributed by atoms with Crippen molar-refractivity contribution in [1.82, 2.24) is 4.98 Å². The standard InChI is InChI=1S/C8H10N2O.Y/c1-2-8(11)6-3-4-10-5-7(6)9;/h3-5H,2H2,1H3,(H2,9,11);/q;+3/p-1. The molecule has 0 atom stereocenters. The number of nitrogens with one attached hydrogen (secondary N) is 1. The molecule has 58 valence electrons. The van der Waals surface area contributed by atoms with Crippen molar-refractivity contribution in [3.05, 3.63) is 29.8 Å². The maximum atomic E-state index is 11.1. The first-order chi connectivity index (χ1) is 5.25. The van der Waals surface area contributed by atoms with Crippen molar-refractivity contribution < 1.29 is 37.5 Å². The summed E-state index contributed by atoms with van der Waals surface area (Å²) in [4.78, 5) is 14.8. The number of pyridine rings is 1. The van der Waals surface area contributed by atoms with E-state index in [1.807, 2.05) is 0 Å². The molecule has 4 heteroatoms. The van der Waals surface area contributed by atoms with Gasteiger partial charge in [-0.25, -0.2) is 0 Å². The van der Waals surface area contributed by atoms with E-state index in [1.54, 1.807) is 13.0 Å². The van der Waals surface area contributed by atoms with Gasteiger partial charge in [0, 0.05) is 24.4 Å². The van der Waals surface area contributed by atoms with Crippen LogP contribution in [-0.2, 0) is 32.7 Å². The Balaban J connectivity index is 0.00000121. The zero-order chi connectivity index (χ0) is 8.27. The number of ketones is 1. The summed E-state index contributed by atoms with van der Waals surface area (Å²) in [6.45, 7) is 1.78. The first-order valence-electron chi connectivity index (χ1n) is 3.44. The average Bonchev–Trinajstić information content (AvgIpc) is 2.04. The van der Waals surface area contributed by atoms with Crippen LogP contribution in [0.2, 0.25) is 0 Å². The number of Topliss-reactive ketones (excluding diaryl/α,β-unsaturated/α-hetero) is 1. The van der Waals surface area contributed by atoms with Crippen molar-refractivity contribution in [1.29, 1.82) is 0 Å². The third-order valence-corrected chi connectivity index (χ3v) is 1.44. The summed E-state index contributed by atoms with van der Waals surface area (Å²) in [6.07, 6.45) is 3.35. The van der Waals surface area contributed by atoms with Crippen molar-refractivity contribution in [3.8, 4) is 0 Å². The fourth-order valence-electron chi connectivity index (χ4n) is 0.828. The van der Waals surface area contributed by atoms with E-state index in [0.717, 1.165) is 0 Å². The molecular formula is C8H9N2OY+2. The molecule has 0 aromatic carbocycles. The molecule has 0 unspecified atom stereocenters. The van der Waals surface area contributed by atoms with Gasteiger partial charge in [0.2, 0.25) is 0 Å². The Labute approximate surface area is 96.6 Å². The molecule has 12 heavy (non-hydrogen) atoms. The van der Waals surface area contributed by atoms with E-state index in [2.05, 4.69) is 4.98 Å². The predicted molar refractivity (Wildman–Crippen MR) is 42.8 cm³/mol. The normalized spacial score (nSPS) is 8.75. The van der Waals surface area contributed by atoms with E-state index in [1.165, 1.54) is 12.4 Å². The molecule has 0 radical (unpaired) electrons. The summed E-state index contributed by atoms with van der Waals surface area (Å²) in [5.41, 5.74) is 7.99. The molecule has 0 fully saturated rings. The largest absolute Gasteiger partial charge is 3.00 e. The molecule has 0 saturated heterocycles. The number of rotatable bonds is 2. The van der Waals surface area contributed by atoms with Crippen LogP contribution in [0, 0.1) is 0 Å². The summed E-state index contributed by atoms with van der Waals surface area (Å²) in [6, 6.07) is 1.58. The molecule has 1 aromatic rings. The summed E-state index contributed by atoms with van der Waals surface area (Å²) in [5.74, 6) is -0.00241. The number of carbonyl (C=O) groups excluding carboxylic acids is 1. The summed E-state index contributed by atoms with van der Waals surface area (Å²) < 4.78 is 0. The van der Waals surface area contributed by atoms with Crippen molar-refractivity contribution in [3.63, 3.8) is 0 Å². The van der Waals surface area contributed by atoms with Crippen LogP contribution in [0.5, 0.6) is 0 Å². The molecular weight excluding hydrogens is 229 g/mol. The average molecular weight is 238 g/mol. The number of nitrogens with zero attached hydrogens (tertiary/aromatic N) is 1. The Morgan fingerprint density at radius 2 is 2.33 bits per heavy atom. The SMILES string of the molecule is CCC(=O)c1ccncc1[NH-].[Y+3]. The van der Waals surface area contributed by atoms with Gasteiger partial charge < -0.3 is 5.73 Å². The van der Waals surface area contributed by atoms with E-state index in [0.29, 0.717) is 12.0 Å². The van der Waals surface area contributed by atoms with Gasteiger partial charge in [0.25, 0.3) is 0 Å². The third-order valence-electron chi connectivity index (χ3n) is 1.44. The van der Waals surface area contributed by atoms with Gasteiger partial charge in [0.1, 0.15) is 0 Å². The van der Waals surface area contributed by atoms with Crippen LogP contribution < -0.4 is 0 Å². The topological polar surface area (TPSA) is 53.8 Å². The smallest absolute Gasteiger partial charge is 0.697 e. The monoisotopic (exact) mass is 238 g/mol. The Kier molecular flexibility index (Phi) is 5.26. The molecule has 0 amide bonds. The molecule has 0 spiro atoms.